The second-order valence-corrected chi connectivity index (χ2v) is 11.4. The largest absolute Gasteiger partial charge is 0.492 e. The van der Waals surface area contributed by atoms with E-state index in [2.05, 4.69) is 25.6 Å². The fourth-order valence-corrected chi connectivity index (χ4v) is 6.03. The Morgan fingerprint density at radius 2 is 1.95 bits per heavy atom. The molecule has 0 aliphatic carbocycles. The predicted octanol–water partition coefficient (Wildman–Crippen LogP) is 3.36. The van der Waals surface area contributed by atoms with Crippen LogP contribution in [0, 0.1) is 0 Å². The van der Waals surface area contributed by atoms with E-state index in [-0.39, 0.29) is 22.6 Å². The van der Waals surface area contributed by atoms with Crippen LogP contribution in [-0.4, -0.2) is 73.6 Å². The van der Waals surface area contributed by atoms with E-state index < -0.39 is 16.1 Å². The second-order valence-electron chi connectivity index (χ2n) is 9.65. The highest BCUT2D eigenvalue weighted by Gasteiger charge is 2.26. The van der Waals surface area contributed by atoms with Crippen LogP contribution in [0.3, 0.4) is 0 Å². The molecule has 1 fully saturated rings. The van der Waals surface area contributed by atoms with E-state index in [0.717, 1.165) is 18.7 Å². The highest BCUT2D eigenvalue weighted by Crippen LogP contribution is 2.31. The Labute approximate surface area is 239 Å². The van der Waals surface area contributed by atoms with Crippen LogP contribution in [0.5, 0.6) is 17.5 Å². The molecule has 13 nitrogen and oxygen atoms in total. The van der Waals surface area contributed by atoms with Crippen LogP contribution in [0.2, 0.25) is 0 Å². The van der Waals surface area contributed by atoms with Crippen LogP contribution in [0.1, 0.15) is 38.2 Å². The molecule has 220 valence electrons. The topological polar surface area (TPSA) is 149 Å². The third kappa shape index (κ3) is 6.39. The van der Waals surface area contributed by atoms with Gasteiger partial charge in [0.05, 0.1) is 36.4 Å². The van der Waals surface area contributed by atoms with Crippen molar-refractivity contribution in [2.45, 2.75) is 44.7 Å². The minimum absolute atomic E-state index is 0.0326. The number of nitrogens with one attached hydrogen (secondary N) is 3. The van der Waals surface area contributed by atoms with Gasteiger partial charge in [0.2, 0.25) is 10.0 Å². The number of fused-ring (bicyclic) bond motifs is 1. The van der Waals surface area contributed by atoms with Crippen molar-refractivity contribution in [3.05, 3.63) is 47.8 Å². The molecule has 2 aliphatic rings. The van der Waals surface area contributed by atoms with E-state index in [1.54, 1.807) is 16.4 Å². The summed E-state index contributed by atoms with van der Waals surface area (Å²) in [4.78, 5) is 14.4. The first-order chi connectivity index (χ1) is 19.8. The van der Waals surface area contributed by atoms with Crippen molar-refractivity contribution in [3.63, 3.8) is 0 Å². The number of aromatic nitrogens is 3. The Hall–Kier alpha value is -3.88. The van der Waals surface area contributed by atoms with E-state index in [1.165, 1.54) is 23.8 Å². The van der Waals surface area contributed by atoms with Crippen LogP contribution in [0.15, 0.2) is 41.3 Å². The van der Waals surface area contributed by atoms with Gasteiger partial charge in [0.1, 0.15) is 11.5 Å². The van der Waals surface area contributed by atoms with E-state index in [9.17, 15) is 13.2 Å². The molecular weight excluding hydrogens is 550 g/mol. The molecule has 0 radical (unpaired) electrons. The molecule has 0 saturated carbocycles. The van der Waals surface area contributed by atoms with Gasteiger partial charge in [-0.25, -0.2) is 17.9 Å². The molecule has 3 N–H and O–H groups in total. The summed E-state index contributed by atoms with van der Waals surface area (Å²) in [6, 6.07) is 9.35. The van der Waals surface area contributed by atoms with Gasteiger partial charge in [0.25, 0.3) is 0 Å². The number of carbonyl (C=O) groups is 1. The van der Waals surface area contributed by atoms with Gasteiger partial charge in [0, 0.05) is 37.9 Å². The van der Waals surface area contributed by atoms with Crippen molar-refractivity contribution in [2.75, 3.05) is 50.1 Å². The van der Waals surface area contributed by atoms with E-state index in [4.69, 9.17) is 14.2 Å². The zero-order valence-corrected chi connectivity index (χ0v) is 24.2. The minimum atomic E-state index is -4.02. The third-order valence-electron chi connectivity index (χ3n) is 6.88. The third-order valence-corrected chi connectivity index (χ3v) is 8.42. The molecular formula is C27H35N7O6S. The molecule has 1 saturated heterocycles. The van der Waals surface area contributed by atoms with E-state index in [1.807, 2.05) is 32.0 Å². The lowest BCUT2D eigenvalue weighted by Crippen LogP contribution is -2.43. The summed E-state index contributed by atoms with van der Waals surface area (Å²) in [6.45, 7) is 8.89. The molecule has 1 atom stereocenters. The zero-order valence-electron chi connectivity index (χ0n) is 23.3. The maximum atomic E-state index is 13.4. The normalized spacial score (nSPS) is 15.6. The fourth-order valence-electron chi connectivity index (χ4n) is 4.80. The van der Waals surface area contributed by atoms with Gasteiger partial charge in [-0.05, 0) is 57.0 Å². The summed E-state index contributed by atoms with van der Waals surface area (Å²) < 4.78 is 48.2. The molecule has 3 aromatic rings. The smallest absolute Gasteiger partial charge is 0.322 e. The molecule has 0 bridgehead atoms. The molecule has 2 aliphatic heterocycles. The standard InChI is InChI=1S/C27H35N7O6S/c1-4-34-25(30-31-27(34)40-20-7-6-19-10-11-28-22(19)16-20)18(3)32-41(36,37)21-8-9-24(39-5-2)23(17-21)29-26(35)33-12-14-38-15-13-33/h6-9,16-18,28,32H,4-5,10-15H2,1-3H3,(H,29,35)/t18-/m1/s1. The van der Waals surface area contributed by atoms with Crippen LogP contribution in [-0.2, 0) is 27.7 Å². The second kappa shape index (κ2) is 12.3. The number of hydrogen-bond acceptors (Lipinski definition) is 9. The summed E-state index contributed by atoms with van der Waals surface area (Å²) in [5.74, 6) is 1.38. The molecule has 3 heterocycles. The highest BCUT2D eigenvalue weighted by atomic mass is 32.2. The Balaban J connectivity index is 1.33. The van der Waals surface area contributed by atoms with E-state index >= 15 is 0 Å². The number of benzene rings is 2. The lowest BCUT2D eigenvalue weighted by Gasteiger charge is -2.27. The highest BCUT2D eigenvalue weighted by molar-refractivity contribution is 7.89. The summed E-state index contributed by atoms with van der Waals surface area (Å²) in [5, 5.41) is 14.5. The van der Waals surface area contributed by atoms with Gasteiger partial charge < -0.3 is 29.7 Å². The van der Waals surface area contributed by atoms with Crippen molar-refractivity contribution in [1.82, 2.24) is 24.4 Å². The zero-order chi connectivity index (χ0) is 29.0. The minimum Gasteiger partial charge on any atom is -0.492 e. The number of carbonyl (C=O) groups excluding carboxylic acids is 1. The van der Waals surface area contributed by atoms with Gasteiger partial charge in [-0.2, -0.15) is 0 Å². The van der Waals surface area contributed by atoms with Gasteiger partial charge in [-0.3, -0.25) is 4.57 Å². The molecule has 0 spiro atoms. The number of hydrogen-bond donors (Lipinski definition) is 3. The first-order valence-corrected chi connectivity index (χ1v) is 15.2. The van der Waals surface area contributed by atoms with Crippen molar-refractivity contribution in [3.8, 4) is 17.5 Å². The Morgan fingerprint density at radius 3 is 2.71 bits per heavy atom. The number of urea groups is 1. The van der Waals surface area contributed by atoms with Gasteiger partial charge in [-0.1, -0.05) is 11.2 Å². The van der Waals surface area contributed by atoms with Gasteiger partial charge in [0.15, 0.2) is 5.82 Å². The number of morpholine rings is 1. The molecule has 5 rings (SSSR count). The van der Waals surface area contributed by atoms with Crippen molar-refractivity contribution in [1.29, 1.82) is 0 Å². The summed E-state index contributed by atoms with van der Waals surface area (Å²) in [7, 11) is -4.02. The summed E-state index contributed by atoms with van der Waals surface area (Å²) in [5.41, 5.74) is 2.52. The van der Waals surface area contributed by atoms with Crippen molar-refractivity contribution in [2.24, 2.45) is 0 Å². The van der Waals surface area contributed by atoms with Crippen molar-refractivity contribution >= 4 is 27.4 Å². The van der Waals surface area contributed by atoms with Crippen LogP contribution in [0.4, 0.5) is 16.2 Å². The lowest BCUT2D eigenvalue weighted by atomic mass is 10.2. The molecule has 2 aromatic carbocycles. The molecule has 41 heavy (non-hydrogen) atoms. The Morgan fingerprint density at radius 1 is 1.15 bits per heavy atom. The maximum absolute atomic E-state index is 13.4. The Kier molecular flexibility index (Phi) is 8.61. The molecule has 1 aromatic heterocycles. The lowest BCUT2D eigenvalue weighted by molar-refractivity contribution is 0.0564. The fraction of sp³-hybridized carbons (Fsp3) is 0.444. The number of amides is 2. The molecule has 14 heteroatoms. The summed E-state index contributed by atoms with van der Waals surface area (Å²) >= 11 is 0. The Bertz CT molecular complexity index is 1500. The van der Waals surface area contributed by atoms with Gasteiger partial charge in [-0.15, -0.1) is 5.10 Å². The molecule has 2 amide bonds. The van der Waals surface area contributed by atoms with Gasteiger partial charge >= 0.3 is 12.0 Å². The number of anilines is 2. The van der Waals surface area contributed by atoms with Crippen LogP contribution in [0.25, 0.3) is 0 Å². The average Bonchev–Trinajstić information content (AvgIpc) is 3.60. The first kappa shape index (κ1) is 28.6. The number of nitrogens with zero attached hydrogens (tertiary/aromatic N) is 4. The van der Waals surface area contributed by atoms with Crippen LogP contribution < -0.4 is 24.8 Å². The van der Waals surface area contributed by atoms with E-state index in [0.29, 0.717) is 56.8 Å². The first-order valence-electron chi connectivity index (χ1n) is 13.7. The van der Waals surface area contributed by atoms with Crippen LogP contribution >= 0.6 is 0 Å². The quantitative estimate of drug-likeness (QED) is 0.326. The predicted molar refractivity (Wildman–Crippen MR) is 152 cm³/mol. The SMILES string of the molecule is CCOc1ccc(S(=O)(=O)N[C@H](C)c2nnc(Oc3ccc4c(c3)NCC4)n2CC)cc1NC(=O)N1CCOCC1. The monoisotopic (exact) mass is 585 g/mol. The summed E-state index contributed by atoms with van der Waals surface area (Å²) in [6.07, 6.45) is 0.971. The van der Waals surface area contributed by atoms with Crippen molar-refractivity contribution < 1.29 is 27.4 Å². The molecule has 0 unspecified atom stereocenters. The number of rotatable bonds is 10. The maximum Gasteiger partial charge on any atom is 0.322 e. The number of sulfonamides is 1. The average molecular weight is 586 g/mol. The number of ether oxygens (including phenoxy) is 3.